The number of benzene rings is 1. The van der Waals surface area contributed by atoms with Crippen LogP contribution in [0.15, 0.2) is 29.1 Å². The van der Waals surface area contributed by atoms with Crippen LogP contribution in [0, 0.1) is 0 Å². The van der Waals surface area contributed by atoms with Gasteiger partial charge in [0.05, 0.1) is 19.6 Å². The second-order valence-electron chi connectivity index (χ2n) is 7.30. The van der Waals surface area contributed by atoms with Crippen LogP contribution in [0.1, 0.15) is 17.0 Å². The number of morpholine rings is 1. The van der Waals surface area contributed by atoms with E-state index in [1.54, 1.807) is 19.2 Å². The number of halogens is 3. The number of anilines is 2. The number of aromatic nitrogens is 2. The number of hydrogen-bond acceptors (Lipinski definition) is 5. The van der Waals surface area contributed by atoms with E-state index in [0.29, 0.717) is 62.2 Å². The van der Waals surface area contributed by atoms with Crippen LogP contribution >= 0.6 is 22.6 Å². The molecule has 0 radical (unpaired) electrons. The number of carbonyl (C=O) groups excluding carboxylic acids is 1. The van der Waals surface area contributed by atoms with Gasteiger partial charge in [-0.2, -0.15) is 8.78 Å². The maximum atomic E-state index is 13.9. The first kappa shape index (κ1) is 21.2. The molecule has 1 fully saturated rings. The first-order chi connectivity index (χ1) is 14.3. The maximum Gasteiger partial charge on any atom is 0.321 e. The van der Waals surface area contributed by atoms with Gasteiger partial charge in [0.1, 0.15) is 11.6 Å². The van der Waals surface area contributed by atoms with Crippen molar-refractivity contribution in [2.45, 2.75) is 16.8 Å². The zero-order valence-electron chi connectivity index (χ0n) is 16.4. The highest BCUT2D eigenvalue weighted by Crippen LogP contribution is 2.42. The fraction of sp³-hybridized carbons (Fsp3) is 0.450. The van der Waals surface area contributed by atoms with E-state index >= 15 is 0 Å². The lowest BCUT2D eigenvalue weighted by Gasteiger charge is -2.28. The summed E-state index contributed by atoms with van der Waals surface area (Å²) in [6.45, 7) is 2.69. The van der Waals surface area contributed by atoms with Crippen molar-refractivity contribution in [3.8, 4) is 0 Å². The van der Waals surface area contributed by atoms with E-state index in [4.69, 9.17) is 4.74 Å². The summed E-state index contributed by atoms with van der Waals surface area (Å²) >= 11 is 1.11. The standard InChI is InChI=1S/C20H21F2IN4O3/c1-25-16(24-17(12-18(25)28)26-7-9-30-10-8-26)11-19(29)27-6-5-13-14(20(21,22)23)3-2-4-15(13)27/h2-4,12H,5-11H2,1H3. The highest BCUT2D eigenvalue weighted by atomic mass is 127. The number of fused-ring (bicyclic) bond motifs is 1. The number of carbonyl (C=O) groups is 1. The third kappa shape index (κ3) is 4.07. The summed E-state index contributed by atoms with van der Waals surface area (Å²) in [6.07, 6.45) is 0.282. The molecule has 0 aliphatic carbocycles. The molecule has 30 heavy (non-hydrogen) atoms. The zero-order valence-corrected chi connectivity index (χ0v) is 18.6. The second-order valence-corrected chi connectivity index (χ2v) is 8.66. The monoisotopic (exact) mass is 530 g/mol. The van der Waals surface area contributed by atoms with Gasteiger partial charge in [-0.3, -0.25) is 14.2 Å². The number of hydrogen-bond donors (Lipinski definition) is 0. The average Bonchev–Trinajstić information content (AvgIpc) is 3.15. The summed E-state index contributed by atoms with van der Waals surface area (Å²) in [6, 6.07) is 6.08. The highest BCUT2D eigenvalue weighted by molar-refractivity contribution is 14.1. The lowest BCUT2D eigenvalue weighted by atomic mass is 10.1. The molecular weight excluding hydrogens is 509 g/mol. The molecule has 0 saturated carbocycles. The van der Waals surface area contributed by atoms with Crippen molar-refractivity contribution in [1.29, 1.82) is 0 Å². The number of nitrogens with zero attached hydrogens (tertiary/aromatic N) is 4. The van der Waals surface area contributed by atoms with Crippen LogP contribution < -0.4 is 15.4 Å². The summed E-state index contributed by atoms with van der Waals surface area (Å²) in [7, 11) is 1.58. The molecule has 0 unspecified atom stereocenters. The fourth-order valence-electron chi connectivity index (χ4n) is 3.88. The smallest absolute Gasteiger partial charge is 0.321 e. The molecule has 0 bridgehead atoms. The van der Waals surface area contributed by atoms with Gasteiger partial charge >= 0.3 is 3.93 Å². The van der Waals surface area contributed by atoms with Gasteiger partial charge in [-0.25, -0.2) is 4.98 Å². The number of rotatable bonds is 4. The van der Waals surface area contributed by atoms with Gasteiger partial charge in [0.2, 0.25) is 5.91 Å². The number of amides is 1. The normalized spacial score (nSPS) is 16.7. The lowest BCUT2D eigenvalue weighted by Crippen LogP contribution is -2.39. The number of alkyl halides is 3. The van der Waals surface area contributed by atoms with E-state index in [1.807, 2.05) is 4.90 Å². The SMILES string of the molecule is Cn1c(CC(=O)N2CCc3c2cccc3C(F)(F)I)nc(N2CCOCC2)cc1=O. The molecule has 3 heterocycles. The minimum atomic E-state index is -3.00. The lowest BCUT2D eigenvalue weighted by molar-refractivity contribution is -0.118. The Morgan fingerprint density at radius 1 is 1.27 bits per heavy atom. The zero-order chi connectivity index (χ0) is 21.5. The van der Waals surface area contributed by atoms with Crippen molar-refractivity contribution in [2.24, 2.45) is 7.05 Å². The Hall–Kier alpha value is -2.08. The molecule has 1 aromatic carbocycles. The Morgan fingerprint density at radius 2 is 2.00 bits per heavy atom. The van der Waals surface area contributed by atoms with Crippen LogP contribution in [-0.2, 0) is 33.3 Å². The summed E-state index contributed by atoms with van der Waals surface area (Å²) in [5.74, 6) is 0.597. The largest absolute Gasteiger partial charge is 0.378 e. The summed E-state index contributed by atoms with van der Waals surface area (Å²) in [5.41, 5.74) is 0.691. The van der Waals surface area contributed by atoms with Gasteiger partial charge in [-0.05, 0) is 18.1 Å². The van der Waals surface area contributed by atoms with Gasteiger partial charge in [-0.15, -0.1) is 0 Å². The van der Waals surface area contributed by atoms with Gasteiger partial charge in [0.25, 0.3) is 5.56 Å². The van der Waals surface area contributed by atoms with Crippen molar-refractivity contribution in [2.75, 3.05) is 42.6 Å². The number of ether oxygens (including phenoxy) is 1. The molecule has 2 aliphatic rings. The van der Waals surface area contributed by atoms with Crippen LogP contribution in [0.25, 0.3) is 0 Å². The van der Waals surface area contributed by atoms with Crippen molar-refractivity contribution in [3.05, 3.63) is 51.6 Å². The fourth-order valence-corrected chi connectivity index (χ4v) is 4.38. The van der Waals surface area contributed by atoms with Crippen LogP contribution in [-0.4, -0.2) is 48.3 Å². The molecule has 10 heteroatoms. The topological polar surface area (TPSA) is 67.7 Å². The quantitative estimate of drug-likeness (QED) is 0.449. The molecule has 160 valence electrons. The van der Waals surface area contributed by atoms with Gasteiger partial charge < -0.3 is 14.5 Å². The minimum absolute atomic E-state index is 0.0595. The van der Waals surface area contributed by atoms with Crippen LogP contribution in [0.3, 0.4) is 0 Å². The Morgan fingerprint density at radius 3 is 2.70 bits per heavy atom. The van der Waals surface area contributed by atoms with E-state index in [0.717, 1.165) is 22.6 Å². The predicted molar refractivity (Wildman–Crippen MR) is 117 cm³/mol. The molecule has 1 saturated heterocycles. The molecule has 7 nitrogen and oxygen atoms in total. The van der Waals surface area contributed by atoms with E-state index in [1.165, 1.54) is 21.6 Å². The van der Waals surface area contributed by atoms with Crippen LogP contribution in [0.4, 0.5) is 20.3 Å². The average molecular weight is 530 g/mol. The molecule has 0 N–H and O–H groups in total. The van der Waals surface area contributed by atoms with Crippen LogP contribution in [0.5, 0.6) is 0 Å². The van der Waals surface area contributed by atoms with E-state index in [2.05, 4.69) is 4.98 Å². The first-order valence-electron chi connectivity index (χ1n) is 9.65. The highest BCUT2D eigenvalue weighted by Gasteiger charge is 2.35. The minimum Gasteiger partial charge on any atom is -0.378 e. The third-order valence-electron chi connectivity index (χ3n) is 5.49. The molecule has 2 aliphatic heterocycles. The third-order valence-corrected chi connectivity index (χ3v) is 6.07. The molecule has 4 rings (SSSR count). The Kier molecular flexibility index (Phi) is 5.80. The van der Waals surface area contributed by atoms with Crippen molar-refractivity contribution >= 4 is 40.0 Å². The molecule has 1 amide bonds. The Balaban J connectivity index is 1.60. The van der Waals surface area contributed by atoms with E-state index in [9.17, 15) is 18.4 Å². The molecule has 0 atom stereocenters. The maximum absolute atomic E-state index is 13.9. The Bertz CT molecular complexity index is 1030. The summed E-state index contributed by atoms with van der Waals surface area (Å²) in [5, 5.41) is 0. The van der Waals surface area contributed by atoms with Crippen LogP contribution in [0.2, 0.25) is 0 Å². The predicted octanol–water partition coefficient (Wildman–Crippen LogP) is 2.23. The van der Waals surface area contributed by atoms with Crippen molar-refractivity contribution in [1.82, 2.24) is 9.55 Å². The summed E-state index contributed by atoms with van der Waals surface area (Å²) < 4.78 is 31.5. The Labute approximate surface area is 185 Å². The van der Waals surface area contributed by atoms with Gasteiger partial charge in [-0.1, -0.05) is 12.1 Å². The van der Waals surface area contributed by atoms with Gasteiger partial charge in [0.15, 0.2) is 0 Å². The van der Waals surface area contributed by atoms with Crippen molar-refractivity contribution < 1.29 is 18.3 Å². The van der Waals surface area contributed by atoms with E-state index < -0.39 is 3.93 Å². The van der Waals surface area contributed by atoms with Crippen molar-refractivity contribution in [3.63, 3.8) is 0 Å². The molecule has 0 spiro atoms. The molecule has 2 aromatic rings. The molecule has 1 aromatic heterocycles. The van der Waals surface area contributed by atoms with Gasteiger partial charge in [0, 0.05) is 66.6 Å². The van der Waals surface area contributed by atoms with E-state index in [-0.39, 0.29) is 23.5 Å². The first-order valence-corrected chi connectivity index (χ1v) is 10.7. The summed E-state index contributed by atoms with van der Waals surface area (Å²) in [4.78, 5) is 33.5. The molecular formula is C20H21F2IN4O3. The second kappa shape index (κ2) is 8.22.